The first kappa shape index (κ1) is 19.0. The highest BCUT2D eigenvalue weighted by Crippen LogP contribution is 2.31. The molecule has 130 valence electrons. The molecular weight excluding hydrogens is 366 g/mol. The van der Waals surface area contributed by atoms with Crippen molar-refractivity contribution in [3.8, 4) is 0 Å². The van der Waals surface area contributed by atoms with Gasteiger partial charge in [-0.1, -0.05) is 43.1 Å². The highest BCUT2D eigenvalue weighted by molar-refractivity contribution is 7.93. The Morgan fingerprint density at radius 2 is 1.96 bits per heavy atom. The summed E-state index contributed by atoms with van der Waals surface area (Å²) in [7, 11) is -3.58. The number of thiophene rings is 1. The maximum Gasteiger partial charge on any atom is 0.220 e. The molecule has 24 heavy (non-hydrogen) atoms. The number of benzene rings is 1. The van der Waals surface area contributed by atoms with Gasteiger partial charge in [-0.15, -0.1) is 11.3 Å². The zero-order valence-corrected chi connectivity index (χ0v) is 15.8. The molecule has 2 aromatic rings. The van der Waals surface area contributed by atoms with Crippen molar-refractivity contribution in [2.45, 2.75) is 35.6 Å². The van der Waals surface area contributed by atoms with E-state index in [1.807, 2.05) is 6.92 Å². The van der Waals surface area contributed by atoms with Crippen LogP contribution in [0, 0.1) is 0 Å². The van der Waals surface area contributed by atoms with Crippen molar-refractivity contribution in [1.82, 2.24) is 5.32 Å². The van der Waals surface area contributed by atoms with Crippen LogP contribution in [-0.2, 0) is 14.6 Å². The van der Waals surface area contributed by atoms with Gasteiger partial charge in [0.25, 0.3) is 0 Å². The standard InChI is InChI=1S/C17H20ClNO3S2/c1-2-3-5-16(20)19-12-15(13-7-9-14(18)10-8-13)24(21,22)17-6-4-11-23-17/h4,6-11,15H,2-3,5,12H2,1H3,(H,19,20)/t15-/m1/s1. The Morgan fingerprint density at radius 1 is 1.25 bits per heavy atom. The van der Waals surface area contributed by atoms with Crippen LogP contribution in [0.4, 0.5) is 0 Å². The normalized spacial score (nSPS) is 12.8. The van der Waals surface area contributed by atoms with Gasteiger partial charge < -0.3 is 5.32 Å². The topological polar surface area (TPSA) is 63.2 Å². The molecule has 2 rings (SSSR count). The number of unbranched alkanes of at least 4 members (excludes halogenated alkanes) is 1. The fourth-order valence-electron chi connectivity index (χ4n) is 2.28. The second-order valence-corrected chi connectivity index (χ2v) is 9.17. The van der Waals surface area contributed by atoms with Crippen LogP contribution in [0.1, 0.15) is 37.0 Å². The molecule has 0 aliphatic rings. The van der Waals surface area contributed by atoms with Gasteiger partial charge in [-0.2, -0.15) is 0 Å². The van der Waals surface area contributed by atoms with E-state index in [0.29, 0.717) is 21.2 Å². The van der Waals surface area contributed by atoms with Gasteiger partial charge in [0.15, 0.2) is 9.84 Å². The molecule has 0 aliphatic heterocycles. The summed E-state index contributed by atoms with van der Waals surface area (Å²) >= 11 is 7.08. The molecule has 0 spiro atoms. The summed E-state index contributed by atoms with van der Waals surface area (Å²) in [6.07, 6.45) is 2.11. The van der Waals surface area contributed by atoms with E-state index in [1.165, 1.54) is 11.3 Å². The molecule has 1 heterocycles. The zero-order chi connectivity index (χ0) is 17.6. The molecule has 1 N–H and O–H groups in total. The maximum absolute atomic E-state index is 12.9. The van der Waals surface area contributed by atoms with Crippen LogP contribution in [0.15, 0.2) is 46.0 Å². The number of nitrogens with one attached hydrogen (secondary N) is 1. The molecule has 0 radical (unpaired) electrons. The summed E-state index contributed by atoms with van der Waals surface area (Å²) in [5.74, 6) is -0.128. The fraction of sp³-hybridized carbons (Fsp3) is 0.353. The van der Waals surface area contributed by atoms with Gasteiger partial charge in [0.2, 0.25) is 5.91 Å². The lowest BCUT2D eigenvalue weighted by molar-refractivity contribution is -0.121. The van der Waals surface area contributed by atoms with Gasteiger partial charge in [0.05, 0.1) is 0 Å². The van der Waals surface area contributed by atoms with E-state index in [-0.39, 0.29) is 12.5 Å². The second kappa shape index (κ2) is 8.65. The minimum Gasteiger partial charge on any atom is -0.354 e. The van der Waals surface area contributed by atoms with Crippen LogP contribution in [-0.4, -0.2) is 20.9 Å². The highest BCUT2D eigenvalue weighted by Gasteiger charge is 2.30. The lowest BCUT2D eigenvalue weighted by atomic mass is 10.1. The van der Waals surface area contributed by atoms with E-state index in [1.54, 1.807) is 41.8 Å². The van der Waals surface area contributed by atoms with Crippen molar-refractivity contribution in [2.75, 3.05) is 6.54 Å². The average molecular weight is 386 g/mol. The second-order valence-electron chi connectivity index (χ2n) is 5.42. The Morgan fingerprint density at radius 3 is 2.54 bits per heavy atom. The Hall–Kier alpha value is -1.37. The molecule has 0 saturated heterocycles. The molecule has 1 aromatic heterocycles. The molecule has 1 amide bonds. The van der Waals surface area contributed by atoms with Crippen molar-refractivity contribution in [3.63, 3.8) is 0 Å². The molecule has 0 fully saturated rings. The molecule has 4 nitrogen and oxygen atoms in total. The third-order valence-electron chi connectivity index (χ3n) is 3.63. The van der Waals surface area contributed by atoms with Gasteiger partial charge in [-0.05, 0) is 35.6 Å². The predicted molar refractivity (Wildman–Crippen MR) is 98.2 cm³/mol. The van der Waals surface area contributed by atoms with E-state index < -0.39 is 15.1 Å². The molecule has 0 saturated carbocycles. The Bertz CT molecular complexity index is 756. The fourth-order valence-corrected chi connectivity index (χ4v) is 5.27. The van der Waals surface area contributed by atoms with Crippen LogP contribution in [0.2, 0.25) is 5.02 Å². The van der Waals surface area contributed by atoms with E-state index in [9.17, 15) is 13.2 Å². The largest absolute Gasteiger partial charge is 0.354 e. The van der Waals surface area contributed by atoms with Gasteiger partial charge in [0, 0.05) is 18.0 Å². The minimum absolute atomic E-state index is 0.0460. The third-order valence-corrected chi connectivity index (χ3v) is 7.42. The smallest absolute Gasteiger partial charge is 0.220 e. The third kappa shape index (κ3) is 4.82. The molecule has 1 atom stereocenters. The van der Waals surface area contributed by atoms with Crippen LogP contribution < -0.4 is 5.32 Å². The summed E-state index contributed by atoms with van der Waals surface area (Å²) in [4.78, 5) is 11.9. The number of amides is 1. The first-order valence-corrected chi connectivity index (χ1v) is 10.5. The predicted octanol–water partition coefficient (Wildman–Crippen LogP) is 4.22. The zero-order valence-electron chi connectivity index (χ0n) is 13.4. The van der Waals surface area contributed by atoms with Crippen LogP contribution >= 0.6 is 22.9 Å². The molecule has 0 unspecified atom stereocenters. The Labute approximate surface area is 151 Å². The van der Waals surface area contributed by atoms with Crippen LogP contribution in [0.25, 0.3) is 0 Å². The quantitative estimate of drug-likeness (QED) is 0.739. The van der Waals surface area contributed by atoms with Crippen molar-refractivity contribution in [2.24, 2.45) is 0 Å². The summed E-state index contributed by atoms with van der Waals surface area (Å²) in [6.45, 7) is 2.05. The molecule has 0 aliphatic carbocycles. The first-order valence-electron chi connectivity index (χ1n) is 7.74. The number of carbonyl (C=O) groups excluding carboxylic acids is 1. The van der Waals surface area contributed by atoms with E-state index in [2.05, 4.69) is 5.32 Å². The van der Waals surface area contributed by atoms with Crippen molar-refractivity contribution in [1.29, 1.82) is 0 Å². The van der Waals surface area contributed by atoms with E-state index in [4.69, 9.17) is 11.6 Å². The molecule has 1 aromatic carbocycles. The van der Waals surface area contributed by atoms with Gasteiger partial charge in [0.1, 0.15) is 9.46 Å². The van der Waals surface area contributed by atoms with Crippen LogP contribution in [0.5, 0.6) is 0 Å². The average Bonchev–Trinajstić information content (AvgIpc) is 3.10. The number of hydrogen-bond donors (Lipinski definition) is 1. The van der Waals surface area contributed by atoms with E-state index >= 15 is 0 Å². The minimum atomic E-state index is -3.58. The Kier molecular flexibility index (Phi) is 6.83. The molecule has 0 bridgehead atoms. The first-order chi connectivity index (χ1) is 11.4. The Balaban J connectivity index is 2.25. The number of carbonyl (C=O) groups is 1. The number of sulfone groups is 1. The van der Waals surface area contributed by atoms with E-state index in [0.717, 1.165) is 12.8 Å². The summed E-state index contributed by atoms with van der Waals surface area (Å²) in [5.41, 5.74) is 0.614. The number of rotatable bonds is 8. The summed E-state index contributed by atoms with van der Waals surface area (Å²) < 4.78 is 26.2. The number of hydrogen-bond acceptors (Lipinski definition) is 4. The summed E-state index contributed by atoms with van der Waals surface area (Å²) in [6, 6.07) is 9.99. The van der Waals surface area contributed by atoms with Crippen molar-refractivity contribution < 1.29 is 13.2 Å². The van der Waals surface area contributed by atoms with Gasteiger partial charge in [-0.25, -0.2) is 8.42 Å². The van der Waals surface area contributed by atoms with Crippen LogP contribution in [0.3, 0.4) is 0 Å². The maximum atomic E-state index is 12.9. The van der Waals surface area contributed by atoms with Gasteiger partial charge >= 0.3 is 0 Å². The van der Waals surface area contributed by atoms with Crippen molar-refractivity contribution in [3.05, 3.63) is 52.4 Å². The lowest BCUT2D eigenvalue weighted by Crippen LogP contribution is -2.31. The van der Waals surface area contributed by atoms with Gasteiger partial charge in [-0.3, -0.25) is 4.79 Å². The lowest BCUT2D eigenvalue weighted by Gasteiger charge is -2.18. The SMILES string of the molecule is CCCCC(=O)NC[C@H](c1ccc(Cl)cc1)S(=O)(=O)c1cccs1. The summed E-state index contributed by atoms with van der Waals surface area (Å²) in [5, 5.41) is 4.19. The molecular formula is C17H20ClNO3S2. The number of halogens is 1. The highest BCUT2D eigenvalue weighted by atomic mass is 35.5. The van der Waals surface area contributed by atoms with Crippen molar-refractivity contribution >= 4 is 38.7 Å². The molecule has 7 heteroatoms. The monoisotopic (exact) mass is 385 g/mol.